The second-order valence-corrected chi connectivity index (χ2v) is 9.32. The molecule has 0 radical (unpaired) electrons. The highest BCUT2D eigenvalue weighted by Crippen LogP contribution is 2.57. The third kappa shape index (κ3) is 3.44. The van der Waals surface area contributed by atoms with E-state index in [1.807, 2.05) is 20.8 Å². The van der Waals surface area contributed by atoms with Crippen molar-refractivity contribution in [3.8, 4) is 0 Å². The molecule has 9 unspecified atom stereocenters. The number of ether oxygens (including phenoxy) is 3. The van der Waals surface area contributed by atoms with E-state index in [-0.39, 0.29) is 12.5 Å². The first-order valence-corrected chi connectivity index (χ1v) is 9.80. The van der Waals surface area contributed by atoms with Gasteiger partial charge in [0.25, 0.3) is 0 Å². The summed E-state index contributed by atoms with van der Waals surface area (Å²) in [4.78, 5) is 0. The van der Waals surface area contributed by atoms with Crippen molar-refractivity contribution in [1.82, 2.24) is 0 Å². The molecule has 3 fully saturated rings. The Kier molecular flexibility index (Phi) is 5.69. The molecule has 8 heteroatoms. The normalized spacial score (nSPS) is 53.0. The molecular formula is C19H34O8. The van der Waals surface area contributed by atoms with E-state index < -0.39 is 60.0 Å². The Morgan fingerprint density at radius 3 is 2.22 bits per heavy atom. The topological polar surface area (TPSA) is 129 Å². The average Bonchev–Trinajstić information content (AvgIpc) is 2.98. The van der Waals surface area contributed by atoms with E-state index in [0.717, 1.165) is 12.8 Å². The van der Waals surface area contributed by atoms with E-state index in [2.05, 4.69) is 0 Å². The predicted molar refractivity (Wildman–Crippen MR) is 94.8 cm³/mol. The van der Waals surface area contributed by atoms with Gasteiger partial charge in [-0.05, 0) is 38.5 Å². The van der Waals surface area contributed by atoms with Crippen molar-refractivity contribution in [2.75, 3.05) is 6.61 Å². The van der Waals surface area contributed by atoms with Crippen LogP contribution in [0.2, 0.25) is 0 Å². The fourth-order valence-corrected chi connectivity index (χ4v) is 5.37. The minimum atomic E-state index is -1.48. The predicted octanol–water partition coefficient (Wildman–Crippen LogP) is -0.320. The summed E-state index contributed by atoms with van der Waals surface area (Å²) in [6, 6.07) is 0. The lowest BCUT2D eigenvalue weighted by atomic mass is 9.56. The van der Waals surface area contributed by atoms with Gasteiger partial charge in [0.2, 0.25) is 0 Å². The van der Waals surface area contributed by atoms with Crippen molar-refractivity contribution in [1.29, 1.82) is 0 Å². The molecule has 8 nitrogen and oxygen atoms in total. The molecule has 3 rings (SSSR count). The van der Waals surface area contributed by atoms with Gasteiger partial charge in [-0.3, -0.25) is 0 Å². The van der Waals surface area contributed by atoms with Crippen LogP contribution >= 0.6 is 0 Å². The molecule has 1 spiro atoms. The molecule has 0 amide bonds. The Morgan fingerprint density at radius 1 is 1.04 bits per heavy atom. The highest BCUT2D eigenvalue weighted by Gasteiger charge is 2.64. The summed E-state index contributed by atoms with van der Waals surface area (Å²) in [5, 5.41) is 50.7. The monoisotopic (exact) mass is 390 g/mol. The van der Waals surface area contributed by atoms with Crippen LogP contribution in [-0.2, 0) is 14.2 Å². The van der Waals surface area contributed by atoms with Crippen molar-refractivity contribution >= 4 is 0 Å². The minimum absolute atomic E-state index is 0.0821. The number of aliphatic hydroxyl groups is 5. The zero-order valence-electron chi connectivity index (χ0n) is 16.5. The first kappa shape index (κ1) is 21.4. The van der Waals surface area contributed by atoms with Crippen LogP contribution in [-0.4, -0.2) is 86.3 Å². The van der Waals surface area contributed by atoms with E-state index in [0.29, 0.717) is 6.42 Å². The van der Waals surface area contributed by atoms with Crippen LogP contribution in [0, 0.1) is 5.41 Å². The Bertz CT molecular complexity index is 516. The van der Waals surface area contributed by atoms with Gasteiger partial charge in [0, 0.05) is 6.42 Å². The lowest BCUT2D eigenvalue weighted by molar-refractivity contribution is -0.330. The van der Waals surface area contributed by atoms with Crippen molar-refractivity contribution in [3.63, 3.8) is 0 Å². The summed E-state index contributed by atoms with van der Waals surface area (Å²) < 4.78 is 17.6. The maximum atomic E-state index is 11.3. The molecule has 2 heterocycles. The Morgan fingerprint density at radius 2 is 1.70 bits per heavy atom. The van der Waals surface area contributed by atoms with Crippen LogP contribution in [0.15, 0.2) is 0 Å². The molecule has 0 aromatic carbocycles. The quantitative estimate of drug-likeness (QED) is 0.443. The smallest absolute Gasteiger partial charge is 0.186 e. The second-order valence-electron chi connectivity index (χ2n) is 9.32. The van der Waals surface area contributed by atoms with Crippen LogP contribution in [0.1, 0.15) is 53.4 Å². The molecule has 3 aliphatic rings. The summed E-state index contributed by atoms with van der Waals surface area (Å²) >= 11 is 0. The zero-order valence-corrected chi connectivity index (χ0v) is 16.5. The maximum absolute atomic E-state index is 11.3. The molecule has 9 atom stereocenters. The van der Waals surface area contributed by atoms with E-state index >= 15 is 0 Å². The SMILES string of the molecule is CC1CCC2(O1)C(C)(C)CC(OC1OC(CO)C(O)C(O)C1O)CC2(C)O. The van der Waals surface area contributed by atoms with Gasteiger partial charge in [-0.25, -0.2) is 0 Å². The van der Waals surface area contributed by atoms with Crippen molar-refractivity contribution in [2.45, 2.75) is 107 Å². The summed E-state index contributed by atoms with van der Waals surface area (Å²) in [5.74, 6) is 0. The molecule has 0 aromatic rings. The van der Waals surface area contributed by atoms with Gasteiger partial charge in [-0.15, -0.1) is 0 Å². The molecule has 1 aliphatic carbocycles. The van der Waals surface area contributed by atoms with E-state index in [1.165, 1.54) is 0 Å². The maximum Gasteiger partial charge on any atom is 0.186 e. The molecule has 2 saturated heterocycles. The Labute approximate surface area is 160 Å². The van der Waals surface area contributed by atoms with Gasteiger partial charge < -0.3 is 39.7 Å². The van der Waals surface area contributed by atoms with E-state index in [9.17, 15) is 25.5 Å². The number of aliphatic hydroxyl groups excluding tert-OH is 4. The summed E-state index contributed by atoms with van der Waals surface area (Å²) in [6.45, 7) is 7.35. The zero-order chi connectivity index (χ0) is 20.2. The second kappa shape index (κ2) is 7.18. The lowest BCUT2D eigenvalue weighted by Crippen LogP contribution is -2.67. The molecular weight excluding hydrogens is 356 g/mol. The number of hydrogen-bond acceptors (Lipinski definition) is 8. The number of rotatable bonds is 3. The van der Waals surface area contributed by atoms with Crippen LogP contribution in [0.3, 0.4) is 0 Å². The van der Waals surface area contributed by atoms with Crippen LogP contribution < -0.4 is 0 Å². The lowest BCUT2D eigenvalue weighted by Gasteiger charge is -2.58. The summed E-state index contributed by atoms with van der Waals surface area (Å²) in [5.41, 5.74) is -2.20. The fourth-order valence-electron chi connectivity index (χ4n) is 5.37. The average molecular weight is 390 g/mol. The van der Waals surface area contributed by atoms with E-state index in [1.54, 1.807) is 6.92 Å². The highest BCUT2D eigenvalue weighted by molar-refractivity contribution is 5.14. The van der Waals surface area contributed by atoms with Crippen molar-refractivity contribution < 1.29 is 39.7 Å². The first-order chi connectivity index (χ1) is 12.4. The van der Waals surface area contributed by atoms with Crippen LogP contribution in [0.25, 0.3) is 0 Å². The third-order valence-corrected chi connectivity index (χ3v) is 6.81. The van der Waals surface area contributed by atoms with Gasteiger partial charge in [0.15, 0.2) is 6.29 Å². The minimum Gasteiger partial charge on any atom is -0.394 e. The van der Waals surface area contributed by atoms with E-state index in [4.69, 9.17) is 14.2 Å². The Hall–Kier alpha value is -0.320. The molecule has 2 aliphatic heterocycles. The molecule has 5 N–H and O–H groups in total. The largest absolute Gasteiger partial charge is 0.394 e. The van der Waals surface area contributed by atoms with Gasteiger partial charge in [-0.1, -0.05) is 13.8 Å². The van der Waals surface area contributed by atoms with Gasteiger partial charge in [0.1, 0.15) is 30.0 Å². The molecule has 0 aromatic heterocycles. The molecule has 1 saturated carbocycles. The van der Waals surface area contributed by atoms with Crippen molar-refractivity contribution in [3.05, 3.63) is 0 Å². The first-order valence-electron chi connectivity index (χ1n) is 9.80. The van der Waals surface area contributed by atoms with Crippen molar-refractivity contribution in [2.24, 2.45) is 5.41 Å². The van der Waals surface area contributed by atoms with Gasteiger partial charge in [0.05, 0.1) is 24.4 Å². The third-order valence-electron chi connectivity index (χ3n) is 6.81. The fraction of sp³-hybridized carbons (Fsp3) is 1.00. The molecule has 27 heavy (non-hydrogen) atoms. The summed E-state index contributed by atoms with van der Waals surface area (Å²) in [6.07, 6.45) is -4.42. The molecule has 158 valence electrons. The van der Waals surface area contributed by atoms with Gasteiger partial charge >= 0.3 is 0 Å². The highest BCUT2D eigenvalue weighted by atomic mass is 16.7. The van der Waals surface area contributed by atoms with Crippen LogP contribution in [0.4, 0.5) is 0 Å². The molecule has 0 bridgehead atoms. The number of hydrogen-bond donors (Lipinski definition) is 5. The van der Waals surface area contributed by atoms with Crippen LogP contribution in [0.5, 0.6) is 0 Å². The Balaban J connectivity index is 1.76. The standard InChI is InChI=1S/C19H34O8/c1-10-5-6-19(27-10)17(2,3)7-11(8-18(19,4)24)25-16-15(23)14(22)13(21)12(9-20)26-16/h10-16,20-24H,5-9H2,1-4H3. The van der Waals surface area contributed by atoms with Gasteiger partial charge in [-0.2, -0.15) is 0 Å². The summed E-state index contributed by atoms with van der Waals surface area (Å²) in [7, 11) is 0.